The van der Waals surface area contributed by atoms with Crippen LogP contribution >= 0.6 is 23.2 Å². The molecule has 136 valence electrons. The van der Waals surface area contributed by atoms with Crippen LogP contribution in [0.25, 0.3) is 11.3 Å². The Morgan fingerprint density at radius 3 is 2.62 bits per heavy atom. The van der Waals surface area contributed by atoms with Gasteiger partial charge < -0.3 is 14.6 Å². The maximum atomic E-state index is 14.0. The number of imidazole rings is 1. The number of hydrogen-bond donors (Lipinski definition) is 1. The largest absolute Gasteiger partial charge is 0.383 e. The lowest BCUT2D eigenvalue weighted by Gasteiger charge is -2.14. The van der Waals surface area contributed by atoms with E-state index in [0.717, 1.165) is 11.3 Å². The molecular formula is C19H18Cl2FN3O. The van der Waals surface area contributed by atoms with Gasteiger partial charge >= 0.3 is 0 Å². The molecule has 3 aromatic rings. The number of methoxy groups -OCH3 is 1. The smallest absolute Gasteiger partial charge is 0.203 e. The number of rotatable bonds is 7. The van der Waals surface area contributed by atoms with Gasteiger partial charge in [-0.25, -0.2) is 9.37 Å². The second kappa shape index (κ2) is 8.54. The summed E-state index contributed by atoms with van der Waals surface area (Å²) in [7, 11) is 1.64. The van der Waals surface area contributed by atoms with Gasteiger partial charge in [0.25, 0.3) is 0 Å². The second-order valence-electron chi connectivity index (χ2n) is 5.67. The average molecular weight is 394 g/mol. The van der Waals surface area contributed by atoms with Crippen LogP contribution in [-0.2, 0) is 17.8 Å². The molecule has 0 spiro atoms. The molecule has 1 N–H and O–H groups in total. The van der Waals surface area contributed by atoms with Crippen molar-refractivity contribution >= 4 is 29.2 Å². The van der Waals surface area contributed by atoms with Crippen molar-refractivity contribution in [3.63, 3.8) is 0 Å². The van der Waals surface area contributed by atoms with Crippen LogP contribution in [0.15, 0.2) is 48.7 Å². The summed E-state index contributed by atoms with van der Waals surface area (Å²) in [5, 5.41) is 4.22. The van der Waals surface area contributed by atoms with E-state index < -0.39 is 0 Å². The molecule has 0 fully saturated rings. The van der Waals surface area contributed by atoms with Gasteiger partial charge in [0, 0.05) is 35.8 Å². The zero-order valence-electron chi connectivity index (χ0n) is 14.2. The Hall–Kier alpha value is -2.08. The van der Waals surface area contributed by atoms with Gasteiger partial charge in [0.2, 0.25) is 5.95 Å². The number of nitrogens with zero attached hydrogens (tertiary/aromatic N) is 2. The fourth-order valence-corrected chi connectivity index (χ4v) is 3.00. The first-order valence-electron chi connectivity index (χ1n) is 8.07. The SMILES string of the molecule is COCCn1c(-c2ccc(Cl)cc2)cnc1NCc1c(F)cccc1Cl. The van der Waals surface area contributed by atoms with Crippen molar-refractivity contribution in [3.05, 3.63) is 70.1 Å². The first kappa shape index (κ1) is 18.7. The Kier molecular flexibility index (Phi) is 6.14. The molecule has 0 amide bonds. The quantitative estimate of drug-likeness (QED) is 0.595. The summed E-state index contributed by atoms with van der Waals surface area (Å²) in [5.41, 5.74) is 2.30. The molecule has 3 rings (SSSR count). The maximum absolute atomic E-state index is 14.0. The van der Waals surface area contributed by atoms with Crippen molar-refractivity contribution in [2.45, 2.75) is 13.1 Å². The highest BCUT2D eigenvalue weighted by Crippen LogP contribution is 2.26. The highest BCUT2D eigenvalue weighted by Gasteiger charge is 2.13. The van der Waals surface area contributed by atoms with Gasteiger partial charge in [-0.2, -0.15) is 0 Å². The van der Waals surface area contributed by atoms with Gasteiger partial charge in [0.1, 0.15) is 5.82 Å². The van der Waals surface area contributed by atoms with E-state index in [1.807, 2.05) is 28.8 Å². The summed E-state index contributed by atoms with van der Waals surface area (Å²) in [6.07, 6.45) is 1.77. The minimum absolute atomic E-state index is 0.232. The molecule has 2 aromatic carbocycles. The van der Waals surface area contributed by atoms with E-state index in [0.29, 0.717) is 34.7 Å². The molecule has 0 bridgehead atoms. The third kappa shape index (κ3) is 4.18. The first-order valence-corrected chi connectivity index (χ1v) is 8.83. The lowest BCUT2D eigenvalue weighted by Crippen LogP contribution is -2.12. The Bertz CT molecular complexity index is 861. The summed E-state index contributed by atoms with van der Waals surface area (Å²) in [5.74, 6) is 0.268. The van der Waals surface area contributed by atoms with Crippen LogP contribution in [0.4, 0.5) is 10.3 Å². The average Bonchev–Trinajstić information content (AvgIpc) is 3.03. The summed E-state index contributed by atoms with van der Waals surface area (Å²) in [4.78, 5) is 4.44. The Labute approximate surface area is 161 Å². The monoisotopic (exact) mass is 393 g/mol. The fraction of sp³-hybridized carbons (Fsp3) is 0.211. The molecule has 0 aliphatic rings. The predicted octanol–water partition coefficient (Wildman–Crippen LogP) is 5.25. The molecule has 0 saturated carbocycles. The van der Waals surface area contributed by atoms with Crippen molar-refractivity contribution in [1.29, 1.82) is 0 Å². The maximum Gasteiger partial charge on any atom is 0.203 e. The molecule has 7 heteroatoms. The molecular weight excluding hydrogens is 376 g/mol. The normalized spacial score (nSPS) is 10.9. The van der Waals surface area contributed by atoms with E-state index in [9.17, 15) is 4.39 Å². The molecule has 0 aliphatic heterocycles. The lowest BCUT2D eigenvalue weighted by atomic mass is 10.2. The molecule has 4 nitrogen and oxygen atoms in total. The van der Waals surface area contributed by atoms with Gasteiger partial charge in [0.05, 0.1) is 18.5 Å². The number of nitrogens with one attached hydrogen (secondary N) is 1. The molecule has 0 atom stereocenters. The van der Waals surface area contributed by atoms with E-state index in [1.54, 1.807) is 25.4 Å². The number of hydrogen-bond acceptors (Lipinski definition) is 3. The van der Waals surface area contributed by atoms with Gasteiger partial charge in [-0.05, 0) is 29.8 Å². The number of aromatic nitrogens is 2. The molecule has 0 unspecified atom stereocenters. The molecule has 1 heterocycles. The van der Waals surface area contributed by atoms with E-state index >= 15 is 0 Å². The number of halogens is 3. The highest BCUT2D eigenvalue weighted by atomic mass is 35.5. The minimum Gasteiger partial charge on any atom is -0.383 e. The molecule has 26 heavy (non-hydrogen) atoms. The summed E-state index contributed by atoms with van der Waals surface area (Å²) < 4.78 is 21.2. The molecule has 1 aromatic heterocycles. The Morgan fingerprint density at radius 1 is 1.15 bits per heavy atom. The molecule has 0 saturated heterocycles. The van der Waals surface area contributed by atoms with Crippen molar-refractivity contribution in [2.75, 3.05) is 19.0 Å². The van der Waals surface area contributed by atoms with E-state index in [-0.39, 0.29) is 12.4 Å². The predicted molar refractivity (Wildman–Crippen MR) is 103 cm³/mol. The van der Waals surface area contributed by atoms with Gasteiger partial charge in [0.15, 0.2) is 0 Å². The third-order valence-corrected chi connectivity index (χ3v) is 4.61. The highest BCUT2D eigenvalue weighted by molar-refractivity contribution is 6.31. The van der Waals surface area contributed by atoms with E-state index in [2.05, 4.69) is 10.3 Å². The van der Waals surface area contributed by atoms with Gasteiger partial charge in [-0.15, -0.1) is 0 Å². The van der Waals surface area contributed by atoms with Crippen LogP contribution in [0.1, 0.15) is 5.56 Å². The summed E-state index contributed by atoms with van der Waals surface area (Å²) in [6.45, 7) is 1.35. The topological polar surface area (TPSA) is 39.1 Å². The van der Waals surface area contributed by atoms with Gasteiger partial charge in [-0.1, -0.05) is 41.4 Å². The van der Waals surface area contributed by atoms with Crippen LogP contribution < -0.4 is 5.32 Å². The van der Waals surface area contributed by atoms with Gasteiger partial charge in [-0.3, -0.25) is 0 Å². The molecule has 0 radical (unpaired) electrons. The summed E-state index contributed by atoms with van der Waals surface area (Å²) >= 11 is 12.1. The fourth-order valence-electron chi connectivity index (χ4n) is 2.65. The zero-order valence-corrected chi connectivity index (χ0v) is 15.7. The number of benzene rings is 2. The van der Waals surface area contributed by atoms with Crippen molar-refractivity contribution in [3.8, 4) is 11.3 Å². The van der Waals surface area contributed by atoms with Crippen molar-refractivity contribution in [2.24, 2.45) is 0 Å². The van der Waals surface area contributed by atoms with Crippen molar-refractivity contribution < 1.29 is 9.13 Å². The lowest BCUT2D eigenvalue weighted by molar-refractivity contribution is 0.188. The Balaban J connectivity index is 1.88. The first-order chi connectivity index (χ1) is 12.6. The van der Waals surface area contributed by atoms with Crippen molar-refractivity contribution in [1.82, 2.24) is 9.55 Å². The van der Waals surface area contributed by atoms with E-state index in [1.165, 1.54) is 6.07 Å². The third-order valence-electron chi connectivity index (χ3n) is 4.00. The number of ether oxygens (including phenoxy) is 1. The molecule has 0 aliphatic carbocycles. The zero-order chi connectivity index (χ0) is 18.5. The van der Waals surface area contributed by atoms with Crippen LogP contribution in [0.5, 0.6) is 0 Å². The van der Waals surface area contributed by atoms with Crippen LogP contribution in [-0.4, -0.2) is 23.3 Å². The minimum atomic E-state index is -0.349. The standard InChI is InChI=1S/C19H18Cl2FN3O/c1-26-10-9-25-18(13-5-7-14(20)8-6-13)12-24-19(25)23-11-15-16(21)3-2-4-17(15)22/h2-8,12H,9-11H2,1H3,(H,23,24). The summed E-state index contributed by atoms with van der Waals surface area (Å²) in [6, 6.07) is 12.2. The van der Waals surface area contributed by atoms with Crippen LogP contribution in [0.3, 0.4) is 0 Å². The van der Waals surface area contributed by atoms with Crippen LogP contribution in [0.2, 0.25) is 10.0 Å². The van der Waals surface area contributed by atoms with Crippen LogP contribution in [0, 0.1) is 5.82 Å². The Morgan fingerprint density at radius 2 is 1.92 bits per heavy atom. The second-order valence-corrected chi connectivity index (χ2v) is 6.52. The number of anilines is 1. The van der Waals surface area contributed by atoms with E-state index in [4.69, 9.17) is 27.9 Å².